The minimum absolute atomic E-state index is 0.906. The molecule has 0 saturated heterocycles. The Kier molecular flexibility index (Phi) is 6.53. The van der Waals surface area contributed by atoms with Crippen LogP contribution in [0.3, 0.4) is 0 Å². The lowest BCUT2D eigenvalue weighted by molar-refractivity contribution is 0.384. The Hall–Kier alpha value is -1.74. The van der Waals surface area contributed by atoms with Crippen molar-refractivity contribution >= 4 is 8.56 Å². The molecule has 0 bridgehead atoms. The molecule has 22 heavy (non-hydrogen) atoms. The summed E-state index contributed by atoms with van der Waals surface area (Å²) in [5, 5.41) is 0. The lowest BCUT2D eigenvalue weighted by Gasteiger charge is -2.28. The molecule has 0 aliphatic carbocycles. The number of unbranched alkanes of at least 4 members (excludes halogenated alkanes) is 3. The fourth-order valence-electron chi connectivity index (χ4n) is 2.47. The Morgan fingerprint density at radius 1 is 0.727 bits per heavy atom. The van der Waals surface area contributed by atoms with Crippen molar-refractivity contribution < 1.29 is 8.85 Å². The van der Waals surface area contributed by atoms with Crippen molar-refractivity contribution in [3.8, 4) is 11.5 Å². The summed E-state index contributed by atoms with van der Waals surface area (Å²) in [7, 11) is -2.28. The first kappa shape index (κ1) is 16.6. The van der Waals surface area contributed by atoms with Crippen LogP contribution in [0.1, 0.15) is 32.6 Å². The van der Waals surface area contributed by atoms with Gasteiger partial charge in [-0.2, -0.15) is 0 Å². The molecule has 0 heterocycles. The zero-order chi connectivity index (χ0) is 15.7. The maximum absolute atomic E-state index is 6.30. The van der Waals surface area contributed by atoms with E-state index in [-0.39, 0.29) is 0 Å². The average molecular weight is 315 g/mol. The van der Waals surface area contributed by atoms with E-state index >= 15 is 0 Å². The van der Waals surface area contributed by atoms with Crippen LogP contribution in [-0.4, -0.2) is 8.56 Å². The van der Waals surface area contributed by atoms with Crippen molar-refractivity contribution in [1.29, 1.82) is 0 Å². The van der Waals surface area contributed by atoms with Gasteiger partial charge in [-0.1, -0.05) is 62.6 Å². The lowest BCUT2D eigenvalue weighted by atomic mass is 10.2. The standard InChI is InChI=1S/C19H26O2Si/c1-3-4-5-12-17-22(2,20-18-13-8-6-9-14-18)21-19-15-10-7-11-16-19/h6-11,13-16H,3-5,12,17H2,1-2H3. The molecule has 2 rings (SSSR count). The molecular weight excluding hydrogens is 288 g/mol. The summed E-state index contributed by atoms with van der Waals surface area (Å²) in [5.74, 6) is 1.81. The number of rotatable bonds is 9. The van der Waals surface area contributed by atoms with Gasteiger partial charge in [0.15, 0.2) is 0 Å². The Morgan fingerprint density at radius 2 is 1.23 bits per heavy atom. The van der Waals surface area contributed by atoms with E-state index in [1.165, 1.54) is 19.3 Å². The lowest BCUT2D eigenvalue weighted by Crippen LogP contribution is -2.45. The second-order valence-electron chi connectivity index (χ2n) is 5.77. The van der Waals surface area contributed by atoms with Gasteiger partial charge in [-0.25, -0.2) is 0 Å². The van der Waals surface area contributed by atoms with Crippen LogP contribution in [0.5, 0.6) is 11.5 Å². The van der Waals surface area contributed by atoms with Crippen LogP contribution in [-0.2, 0) is 0 Å². The van der Waals surface area contributed by atoms with Crippen LogP contribution in [0.2, 0.25) is 12.6 Å². The molecule has 0 unspecified atom stereocenters. The van der Waals surface area contributed by atoms with E-state index in [1.807, 2.05) is 60.7 Å². The third-order valence-corrected chi connectivity index (χ3v) is 6.24. The summed E-state index contributed by atoms with van der Waals surface area (Å²) in [6, 6.07) is 21.1. The Morgan fingerprint density at radius 3 is 1.68 bits per heavy atom. The largest absolute Gasteiger partial charge is 0.512 e. The quantitative estimate of drug-likeness (QED) is 0.430. The molecule has 118 valence electrons. The molecule has 0 N–H and O–H groups in total. The maximum atomic E-state index is 6.30. The molecule has 2 aromatic rings. The molecule has 0 spiro atoms. The second kappa shape index (κ2) is 8.64. The number of para-hydroxylation sites is 2. The third-order valence-electron chi connectivity index (χ3n) is 3.64. The van der Waals surface area contributed by atoms with Gasteiger partial charge in [0.05, 0.1) is 0 Å². The second-order valence-corrected chi connectivity index (χ2v) is 8.95. The normalized spacial score (nSPS) is 11.2. The van der Waals surface area contributed by atoms with E-state index in [1.54, 1.807) is 0 Å². The van der Waals surface area contributed by atoms with Gasteiger partial charge in [-0.15, -0.1) is 0 Å². The highest BCUT2D eigenvalue weighted by molar-refractivity contribution is 6.67. The highest BCUT2D eigenvalue weighted by Crippen LogP contribution is 2.25. The maximum Gasteiger partial charge on any atom is 0.457 e. The van der Waals surface area contributed by atoms with Crippen molar-refractivity contribution in [3.05, 3.63) is 60.7 Å². The molecule has 0 saturated carbocycles. The predicted octanol–water partition coefficient (Wildman–Crippen LogP) is 5.80. The van der Waals surface area contributed by atoms with Gasteiger partial charge in [0.25, 0.3) is 0 Å². The molecule has 0 aliphatic heterocycles. The zero-order valence-electron chi connectivity index (χ0n) is 13.6. The Labute approximate surface area is 135 Å². The Bertz CT molecular complexity index is 486. The fourth-order valence-corrected chi connectivity index (χ4v) is 4.88. The number of benzene rings is 2. The topological polar surface area (TPSA) is 18.5 Å². The predicted molar refractivity (Wildman–Crippen MR) is 94.7 cm³/mol. The summed E-state index contributed by atoms with van der Waals surface area (Å²) in [4.78, 5) is 0. The SMILES string of the molecule is CCCCCC[Si](C)(Oc1ccccc1)Oc1ccccc1. The van der Waals surface area contributed by atoms with Crippen LogP contribution >= 0.6 is 0 Å². The number of hydrogen-bond donors (Lipinski definition) is 0. The molecule has 0 amide bonds. The molecular formula is C19H26O2Si. The Balaban J connectivity index is 2.05. The van der Waals surface area contributed by atoms with E-state index in [0.717, 1.165) is 24.0 Å². The van der Waals surface area contributed by atoms with E-state index in [9.17, 15) is 0 Å². The van der Waals surface area contributed by atoms with Gasteiger partial charge in [0.1, 0.15) is 11.5 Å². The van der Waals surface area contributed by atoms with E-state index in [0.29, 0.717) is 0 Å². The smallest absolute Gasteiger partial charge is 0.457 e. The number of hydrogen-bond acceptors (Lipinski definition) is 2. The molecule has 2 nitrogen and oxygen atoms in total. The highest BCUT2D eigenvalue weighted by Gasteiger charge is 2.35. The molecule has 0 aliphatic rings. The first-order valence-electron chi connectivity index (χ1n) is 8.20. The van der Waals surface area contributed by atoms with Crippen molar-refractivity contribution in [2.45, 2.75) is 45.2 Å². The minimum Gasteiger partial charge on any atom is -0.512 e. The summed E-state index contributed by atoms with van der Waals surface area (Å²) in [5.41, 5.74) is 0. The highest BCUT2D eigenvalue weighted by atomic mass is 28.4. The minimum atomic E-state index is -2.28. The molecule has 3 heteroatoms. The van der Waals surface area contributed by atoms with Crippen molar-refractivity contribution in [3.63, 3.8) is 0 Å². The van der Waals surface area contributed by atoms with Gasteiger partial charge in [-0.3, -0.25) is 0 Å². The van der Waals surface area contributed by atoms with Crippen LogP contribution in [0, 0.1) is 0 Å². The third kappa shape index (κ3) is 5.56. The molecule has 0 aromatic heterocycles. The van der Waals surface area contributed by atoms with Gasteiger partial charge in [0, 0.05) is 12.6 Å². The average Bonchev–Trinajstić information content (AvgIpc) is 2.53. The molecule has 0 radical (unpaired) electrons. The van der Waals surface area contributed by atoms with E-state index in [4.69, 9.17) is 8.85 Å². The van der Waals surface area contributed by atoms with Gasteiger partial charge in [-0.05, 0) is 30.7 Å². The molecule has 2 aromatic carbocycles. The first-order valence-corrected chi connectivity index (χ1v) is 10.7. The van der Waals surface area contributed by atoms with Crippen LogP contribution in [0.4, 0.5) is 0 Å². The summed E-state index contributed by atoms with van der Waals surface area (Å²) in [6.45, 7) is 4.40. The fraction of sp³-hybridized carbons (Fsp3) is 0.368. The zero-order valence-corrected chi connectivity index (χ0v) is 14.6. The van der Waals surface area contributed by atoms with Crippen LogP contribution in [0.25, 0.3) is 0 Å². The summed E-state index contributed by atoms with van der Waals surface area (Å²) in [6.07, 6.45) is 4.93. The van der Waals surface area contributed by atoms with Gasteiger partial charge >= 0.3 is 8.56 Å². The first-order chi connectivity index (χ1) is 10.7. The van der Waals surface area contributed by atoms with E-state index < -0.39 is 8.56 Å². The van der Waals surface area contributed by atoms with Crippen molar-refractivity contribution in [2.75, 3.05) is 0 Å². The van der Waals surface area contributed by atoms with Gasteiger partial charge in [0.2, 0.25) is 0 Å². The summed E-state index contributed by atoms with van der Waals surface area (Å²) < 4.78 is 12.6. The monoisotopic (exact) mass is 314 g/mol. The molecule has 0 atom stereocenters. The van der Waals surface area contributed by atoms with Gasteiger partial charge < -0.3 is 8.85 Å². The summed E-state index contributed by atoms with van der Waals surface area (Å²) >= 11 is 0. The van der Waals surface area contributed by atoms with Crippen molar-refractivity contribution in [1.82, 2.24) is 0 Å². The van der Waals surface area contributed by atoms with Crippen LogP contribution < -0.4 is 8.85 Å². The van der Waals surface area contributed by atoms with Crippen molar-refractivity contribution in [2.24, 2.45) is 0 Å². The van der Waals surface area contributed by atoms with E-state index in [2.05, 4.69) is 13.5 Å². The molecule has 0 fully saturated rings. The van der Waals surface area contributed by atoms with Crippen LogP contribution in [0.15, 0.2) is 60.7 Å².